The number of esters is 1. The predicted octanol–water partition coefficient (Wildman–Crippen LogP) is 1.46. The summed E-state index contributed by atoms with van der Waals surface area (Å²) in [6, 6.07) is 1.43. The van der Waals surface area contributed by atoms with Crippen LogP contribution in [0.1, 0.15) is 10.4 Å². The fraction of sp³-hybridized carbons (Fsp3) is 0.200. The Bertz CT molecular complexity index is 494. The highest BCUT2D eigenvalue weighted by Gasteiger charge is 2.37. The molecule has 1 aliphatic rings. The van der Waals surface area contributed by atoms with Gasteiger partial charge in [0, 0.05) is 6.07 Å². The van der Waals surface area contributed by atoms with Crippen LogP contribution in [-0.4, -0.2) is 26.0 Å². The van der Waals surface area contributed by atoms with Gasteiger partial charge in [0.1, 0.15) is 22.1 Å². The van der Waals surface area contributed by atoms with Gasteiger partial charge in [0.15, 0.2) is 5.75 Å². The molecule has 0 amide bonds. The maximum atomic E-state index is 11.5. The molecular weight excluding hydrogens is 236 g/mol. The van der Waals surface area contributed by atoms with Crippen LogP contribution in [0, 0.1) is 0 Å². The summed E-state index contributed by atoms with van der Waals surface area (Å²) in [4.78, 5) is 22.6. The zero-order chi connectivity index (χ0) is 11.9. The molecule has 1 aromatic rings. The molecule has 1 aliphatic heterocycles. The molecule has 0 saturated heterocycles. The quantitative estimate of drug-likeness (QED) is 0.446. The highest BCUT2D eigenvalue weighted by atomic mass is 35.5. The Morgan fingerprint density at radius 1 is 1.19 bits per heavy atom. The average Bonchev–Trinajstić information content (AvgIpc) is 2.58. The molecule has 16 heavy (non-hydrogen) atoms. The summed E-state index contributed by atoms with van der Waals surface area (Å²) in [6.45, 7) is 0. The number of Topliss-reactive ketones (excluding diaryl/α,β-unsaturated/α-hetero) is 1. The van der Waals surface area contributed by atoms with Gasteiger partial charge in [-0.25, -0.2) is 4.79 Å². The third-order valence-electron chi connectivity index (χ3n) is 2.20. The SMILES string of the molecule is COc1cc(OC)c2c(c1Cl)OC(=O)C2=O. The van der Waals surface area contributed by atoms with Crippen molar-refractivity contribution in [2.24, 2.45) is 0 Å². The van der Waals surface area contributed by atoms with E-state index in [1.54, 1.807) is 0 Å². The first-order valence-corrected chi connectivity index (χ1v) is 4.69. The number of hydrogen-bond acceptors (Lipinski definition) is 5. The Morgan fingerprint density at radius 3 is 2.38 bits per heavy atom. The van der Waals surface area contributed by atoms with Crippen molar-refractivity contribution >= 4 is 23.4 Å². The Kier molecular flexibility index (Phi) is 2.47. The summed E-state index contributed by atoms with van der Waals surface area (Å²) >= 11 is 5.90. The van der Waals surface area contributed by atoms with Gasteiger partial charge in [-0.3, -0.25) is 4.79 Å². The van der Waals surface area contributed by atoms with Crippen LogP contribution in [0.4, 0.5) is 0 Å². The van der Waals surface area contributed by atoms with E-state index in [4.69, 9.17) is 25.8 Å². The zero-order valence-electron chi connectivity index (χ0n) is 8.50. The number of methoxy groups -OCH3 is 2. The molecule has 0 aliphatic carbocycles. The Balaban J connectivity index is 2.73. The third kappa shape index (κ3) is 1.32. The fourth-order valence-corrected chi connectivity index (χ4v) is 1.71. The van der Waals surface area contributed by atoms with Crippen molar-refractivity contribution in [1.82, 2.24) is 0 Å². The van der Waals surface area contributed by atoms with Gasteiger partial charge in [-0.15, -0.1) is 0 Å². The summed E-state index contributed by atoms with van der Waals surface area (Å²) in [7, 11) is 2.78. The Morgan fingerprint density at radius 2 is 1.81 bits per heavy atom. The second-order valence-corrected chi connectivity index (χ2v) is 3.40. The van der Waals surface area contributed by atoms with Gasteiger partial charge in [-0.1, -0.05) is 11.6 Å². The Labute approximate surface area is 95.9 Å². The second-order valence-electron chi connectivity index (χ2n) is 3.02. The highest BCUT2D eigenvalue weighted by molar-refractivity contribution is 6.47. The standard InChI is InChI=1S/C10H7ClO5/c1-14-4-3-5(15-2)7(11)9-6(4)8(12)10(13)16-9/h3H,1-2H3. The first kappa shape index (κ1) is 10.8. The van der Waals surface area contributed by atoms with E-state index in [-0.39, 0.29) is 27.8 Å². The van der Waals surface area contributed by atoms with Crippen LogP contribution >= 0.6 is 11.6 Å². The van der Waals surface area contributed by atoms with Crippen LogP contribution in [0.5, 0.6) is 17.2 Å². The lowest BCUT2D eigenvalue weighted by molar-refractivity contribution is -0.128. The highest BCUT2D eigenvalue weighted by Crippen LogP contribution is 2.45. The first-order chi connectivity index (χ1) is 7.60. The molecule has 0 N–H and O–H groups in total. The maximum Gasteiger partial charge on any atom is 0.385 e. The van der Waals surface area contributed by atoms with E-state index in [0.717, 1.165) is 0 Å². The summed E-state index contributed by atoms with van der Waals surface area (Å²) in [5.41, 5.74) is 0.0401. The van der Waals surface area contributed by atoms with E-state index < -0.39 is 11.8 Å². The van der Waals surface area contributed by atoms with E-state index in [1.807, 2.05) is 0 Å². The minimum atomic E-state index is -0.969. The molecule has 0 atom stereocenters. The molecule has 1 heterocycles. The number of ketones is 1. The molecule has 2 rings (SSSR count). The van der Waals surface area contributed by atoms with E-state index in [9.17, 15) is 9.59 Å². The molecule has 0 fully saturated rings. The van der Waals surface area contributed by atoms with Crippen molar-refractivity contribution in [3.63, 3.8) is 0 Å². The summed E-state index contributed by atoms with van der Waals surface area (Å²) in [5, 5.41) is 0.0810. The minimum Gasteiger partial charge on any atom is -0.496 e. The molecule has 0 spiro atoms. The smallest absolute Gasteiger partial charge is 0.385 e. The molecule has 0 bridgehead atoms. The second kappa shape index (κ2) is 3.68. The minimum absolute atomic E-state index is 0.00660. The van der Waals surface area contributed by atoms with Crippen LogP contribution in [0.2, 0.25) is 5.02 Å². The zero-order valence-corrected chi connectivity index (χ0v) is 9.25. The van der Waals surface area contributed by atoms with Crippen molar-refractivity contribution in [1.29, 1.82) is 0 Å². The van der Waals surface area contributed by atoms with Crippen molar-refractivity contribution < 1.29 is 23.8 Å². The molecule has 5 nitrogen and oxygen atoms in total. The van der Waals surface area contributed by atoms with Gasteiger partial charge < -0.3 is 14.2 Å². The van der Waals surface area contributed by atoms with Gasteiger partial charge in [-0.2, -0.15) is 0 Å². The number of benzene rings is 1. The summed E-state index contributed by atoms with van der Waals surface area (Å²) < 4.78 is 14.7. The van der Waals surface area contributed by atoms with Crippen LogP contribution in [0.15, 0.2) is 6.07 Å². The number of hydrogen-bond donors (Lipinski definition) is 0. The lowest BCUT2D eigenvalue weighted by Gasteiger charge is -2.09. The molecule has 0 aromatic heterocycles. The number of halogens is 1. The number of rotatable bonds is 2. The van der Waals surface area contributed by atoms with Crippen molar-refractivity contribution in [2.75, 3.05) is 14.2 Å². The lowest BCUT2D eigenvalue weighted by Crippen LogP contribution is -2.10. The molecule has 6 heteroatoms. The molecular formula is C10H7ClO5. The van der Waals surface area contributed by atoms with Crippen LogP contribution in [0.3, 0.4) is 0 Å². The largest absolute Gasteiger partial charge is 0.496 e. The molecule has 1 aromatic carbocycles. The van der Waals surface area contributed by atoms with Crippen LogP contribution < -0.4 is 14.2 Å². The Hall–Kier alpha value is -1.75. The average molecular weight is 243 g/mol. The number of ether oxygens (including phenoxy) is 3. The lowest BCUT2D eigenvalue weighted by atomic mass is 10.1. The van der Waals surface area contributed by atoms with E-state index >= 15 is 0 Å². The van der Waals surface area contributed by atoms with Gasteiger partial charge in [0.05, 0.1) is 14.2 Å². The molecule has 0 radical (unpaired) electrons. The summed E-state index contributed by atoms with van der Waals surface area (Å²) in [6.07, 6.45) is 0. The first-order valence-electron chi connectivity index (χ1n) is 4.31. The predicted molar refractivity (Wildman–Crippen MR) is 54.5 cm³/mol. The van der Waals surface area contributed by atoms with Crippen molar-refractivity contribution in [3.8, 4) is 17.2 Å². The van der Waals surface area contributed by atoms with Gasteiger partial charge >= 0.3 is 5.97 Å². The van der Waals surface area contributed by atoms with Crippen molar-refractivity contribution in [2.45, 2.75) is 0 Å². The molecule has 0 saturated carbocycles. The number of carbonyl (C=O) groups excluding carboxylic acids is 2. The van der Waals surface area contributed by atoms with Gasteiger partial charge in [-0.05, 0) is 0 Å². The third-order valence-corrected chi connectivity index (χ3v) is 2.56. The number of carbonyl (C=O) groups is 2. The van der Waals surface area contributed by atoms with Crippen molar-refractivity contribution in [3.05, 3.63) is 16.7 Å². The molecule has 0 unspecified atom stereocenters. The molecule has 84 valence electrons. The van der Waals surface area contributed by atoms with E-state index in [1.165, 1.54) is 20.3 Å². The van der Waals surface area contributed by atoms with E-state index in [0.29, 0.717) is 0 Å². The summed E-state index contributed by atoms with van der Waals surface area (Å²) in [5.74, 6) is -1.26. The van der Waals surface area contributed by atoms with Crippen LogP contribution in [-0.2, 0) is 4.79 Å². The topological polar surface area (TPSA) is 61.8 Å². The fourth-order valence-electron chi connectivity index (χ4n) is 1.45. The van der Waals surface area contributed by atoms with Crippen LogP contribution in [0.25, 0.3) is 0 Å². The monoisotopic (exact) mass is 242 g/mol. The number of fused-ring (bicyclic) bond motifs is 1. The normalized spacial score (nSPS) is 13.4. The van der Waals surface area contributed by atoms with E-state index in [2.05, 4.69) is 0 Å². The maximum absolute atomic E-state index is 11.5. The van der Waals surface area contributed by atoms with Gasteiger partial charge in [0.2, 0.25) is 0 Å². The van der Waals surface area contributed by atoms with Gasteiger partial charge in [0.25, 0.3) is 5.78 Å².